The number of hydrogen-bond donors (Lipinski definition) is 0. The Morgan fingerprint density at radius 2 is 2.00 bits per heavy atom. The van der Waals surface area contributed by atoms with E-state index in [0.29, 0.717) is 0 Å². The molecule has 0 N–H and O–H groups in total. The lowest BCUT2D eigenvalue weighted by atomic mass is 10.1. The molecule has 0 heterocycles. The highest BCUT2D eigenvalue weighted by Crippen LogP contribution is 2.33. The minimum absolute atomic E-state index is 0.0411. The third kappa shape index (κ3) is 3.56. The van der Waals surface area contributed by atoms with E-state index < -0.39 is 0 Å². The smallest absolute Gasteiger partial charge is 0.123 e. The first kappa shape index (κ1) is 12.1. The van der Waals surface area contributed by atoms with Crippen molar-refractivity contribution in [1.82, 2.24) is 0 Å². The van der Waals surface area contributed by atoms with Crippen LogP contribution in [-0.4, -0.2) is 11.9 Å². The summed E-state index contributed by atoms with van der Waals surface area (Å²) in [5.41, 5.74) is 1.04. The fourth-order valence-corrected chi connectivity index (χ4v) is 2.25. The Hall–Kier alpha value is -0.410. The predicted molar refractivity (Wildman–Crippen MR) is 66.2 cm³/mol. The van der Waals surface area contributed by atoms with Crippen LogP contribution in [0, 0.1) is 11.7 Å². The highest BCUT2D eigenvalue weighted by Gasteiger charge is 2.21. The molecule has 88 valence electrons. The first-order chi connectivity index (χ1) is 7.79. The molecular formula is C13H16BrFO. The van der Waals surface area contributed by atoms with Crippen molar-refractivity contribution in [3.63, 3.8) is 0 Å². The highest BCUT2D eigenvalue weighted by molar-refractivity contribution is 9.09. The van der Waals surface area contributed by atoms with E-state index in [1.165, 1.54) is 25.0 Å². The number of halogens is 2. The first-order valence-electron chi connectivity index (χ1n) is 5.72. The lowest BCUT2D eigenvalue weighted by molar-refractivity contribution is 0.0654. The molecule has 1 aromatic carbocycles. The maximum atomic E-state index is 12.8. The largest absolute Gasteiger partial charge is 0.373 e. The number of benzene rings is 1. The highest BCUT2D eigenvalue weighted by atomic mass is 79.9. The number of hydrogen-bond acceptors (Lipinski definition) is 1. The zero-order valence-corrected chi connectivity index (χ0v) is 10.7. The summed E-state index contributed by atoms with van der Waals surface area (Å²) < 4.78 is 18.6. The molecule has 2 rings (SSSR count). The van der Waals surface area contributed by atoms with Crippen LogP contribution in [0.1, 0.15) is 30.9 Å². The van der Waals surface area contributed by atoms with Gasteiger partial charge in [-0.25, -0.2) is 4.39 Å². The molecule has 0 saturated heterocycles. The van der Waals surface area contributed by atoms with Crippen LogP contribution in [-0.2, 0) is 4.74 Å². The molecule has 1 unspecified atom stereocenters. The Kier molecular flexibility index (Phi) is 4.36. The molecule has 1 atom stereocenters. The molecule has 0 radical (unpaired) electrons. The van der Waals surface area contributed by atoms with Gasteiger partial charge >= 0.3 is 0 Å². The van der Waals surface area contributed by atoms with Crippen LogP contribution in [0.15, 0.2) is 24.3 Å². The van der Waals surface area contributed by atoms with Gasteiger partial charge in [0.1, 0.15) is 5.82 Å². The third-order valence-electron chi connectivity index (χ3n) is 2.92. The van der Waals surface area contributed by atoms with Gasteiger partial charge in [-0.05, 0) is 30.0 Å². The number of alkyl halides is 1. The van der Waals surface area contributed by atoms with Crippen LogP contribution in [0.5, 0.6) is 0 Å². The Labute approximate surface area is 104 Å². The van der Waals surface area contributed by atoms with Crippen LogP contribution < -0.4 is 0 Å². The van der Waals surface area contributed by atoms with Crippen molar-refractivity contribution >= 4 is 15.9 Å². The second-order valence-electron chi connectivity index (χ2n) is 4.30. The van der Waals surface area contributed by atoms with E-state index in [4.69, 9.17) is 4.74 Å². The molecule has 0 spiro atoms. The van der Waals surface area contributed by atoms with Gasteiger partial charge in [0, 0.05) is 11.9 Å². The first-order valence-corrected chi connectivity index (χ1v) is 6.85. The summed E-state index contributed by atoms with van der Waals surface area (Å²) in [6.45, 7) is 0.804. The second kappa shape index (κ2) is 5.78. The molecule has 0 amide bonds. The fraction of sp³-hybridized carbons (Fsp3) is 0.538. The van der Waals surface area contributed by atoms with E-state index >= 15 is 0 Å². The minimum Gasteiger partial charge on any atom is -0.373 e. The molecule has 1 aromatic rings. The van der Waals surface area contributed by atoms with Gasteiger partial charge < -0.3 is 4.74 Å². The van der Waals surface area contributed by atoms with E-state index in [1.807, 2.05) is 0 Å². The van der Waals surface area contributed by atoms with Crippen LogP contribution in [0.4, 0.5) is 4.39 Å². The van der Waals surface area contributed by atoms with Crippen molar-refractivity contribution in [3.8, 4) is 0 Å². The third-order valence-corrected chi connectivity index (χ3v) is 3.51. The summed E-state index contributed by atoms with van der Waals surface area (Å²) in [5.74, 6) is 0.694. The predicted octanol–water partition coefficient (Wildman–Crippen LogP) is 4.08. The van der Waals surface area contributed by atoms with Gasteiger partial charge in [0.05, 0.1) is 6.10 Å². The molecule has 3 heteroatoms. The number of ether oxygens (including phenoxy) is 1. The zero-order chi connectivity index (χ0) is 11.4. The van der Waals surface area contributed by atoms with E-state index in [9.17, 15) is 4.39 Å². The standard InChI is InChI=1S/C13H16BrFO/c14-9-13(16-8-7-10-1-2-10)11-3-5-12(15)6-4-11/h3-6,10,13H,1-2,7-9H2. The lowest BCUT2D eigenvalue weighted by Gasteiger charge is -2.15. The van der Waals surface area contributed by atoms with Gasteiger partial charge in [-0.15, -0.1) is 0 Å². The van der Waals surface area contributed by atoms with E-state index in [0.717, 1.165) is 29.8 Å². The average molecular weight is 287 g/mol. The molecule has 1 fully saturated rings. The maximum absolute atomic E-state index is 12.8. The topological polar surface area (TPSA) is 9.23 Å². The van der Waals surface area contributed by atoms with Gasteiger partial charge in [0.25, 0.3) is 0 Å². The van der Waals surface area contributed by atoms with Gasteiger partial charge in [0.2, 0.25) is 0 Å². The molecule has 0 bridgehead atoms. The van der Waals surface area contributed by atoms with Crippen LogP contribution in [0.3, 0.4) is 0 Å². The molecule has 0 aliphatic heterocycles. The number of rotatable bonds is 6. The van der Waals surface area contributed by atoms with Crippen molar-refractivity contribution < 1.29 is 9.13 Å². The van der Waals surface area contributed by atoms with Gasteiger partial charge in [-0.3, -0.25) is 0 Å². The quantitative estimate of drug-likeness (QED) is 0.716. The zero-order valence-electron chi connectivity index (χ0n) is 9.16. The lowest BCUT2D eigenvalue weighted by Crippen LogP contribution is -2.07. The summed E-state index contributed by atoms with van der Waals surface area (Å²) in [6, 6.07) is 6.54. The van der Waals surface area contributed by atoms with Gasteiger partial charge in [-0.1, -0.05) is 40.9 Å². The van der Waals surface area contributed by atoms with Gasteiger partial charge in [0.15, 0.2) is 0 Å². The normalized spacial score (nSPS) is 17.4. The van der Waals surface area contributed by atoms with Crippen molar-refractivity contribution in [2.75, 3.05) is 11.9 Å². The molecule has 0 aromatic heterocycles. The average Bonchev–Trinajstić information content (AvgIpc) is 3.10. The molecule has 1 aliphatic carbocycles. The summed E-state index contributed by atoms with van der Waals surface area (Å²) in [5, 5.41) is 0.753. The van der Waals surface area contributed by atoms with Crippen LogP contribution in [0.2, 0.25) is 0 Å². The van der Waals surface area contributed by atoms with E-state index in [1.54, 1.807) is 12.1 Å². The maximum Gasteiger partial charge on any atom is 0.123 e. The fourth-order valence-electron chi connectivity index (χ4n) is 1.69. The van der Waals surface area contributed by atoms with Crippen molar-refractivity contribution in [2.45, 2.75) is 25.4 Å². The molecular weight excluding hydrogens is 271 g/mol. The summed E-state index contributed by atoms with van der Waals surface area (Å²) in [6.07, 6.45) is 3.92. The summed E-state index contributed by atoms with van der Waals surface area (Å²) >= 11 is 3.44. The Balaban J connectivity index is 1.84. The second-order valence-corrected chi connectivity index (χ2v) is 4.94. The van der Waals surface area contributed by atoms with Crippen molar-refractivity contribution in [3.05, 3.63) is 35.6 Å². The van der Waals surface area contributed by atoms with Crippen LogP contribution >= 0.6 is 15.9 Å². The van der Waals surface area contributed by atoms with Crippen molar-refractivity contribution in [1.29, 1.82) is 0 Å². The molecule has 1 aliphatic rings. The monoisotopic (exact) mass is 286 g/mol. The summed E-state index contributed by atoms with van der Waals surface area (Å²) in [4.78, 5) is 0. The summed E-state index contributed by atoms with van der Waals surface area (Å²) in [7, 11) is 0. The molecule has 16 heavy (non-hydrogen) atoms. The molecule has 1 saturated carbocycles. The Morgan fingerprint density at radius 1 is 1.31 bits per heavy atom. The van der Waals surface area contributed by atoms with E-state index in [2.05, 4.69) is 15.9 Å². The Bertz CT molecular complexity index is 321. The Morgan fingerprint density at radius 3 is 2.56 bits per heavy atom. The van der Waals surface area contributed by atoms with Crippen molar-refractivity contribution in [2.24, 2.45) is 5.92 Å². The van der Waals surface area contributed by atoms with E-state index in [-0.39, 0.29) is 11.9 Å². The van der Waals surface area contributed by atoms with Gasteiger partial charge in [-0.2, -0.15) is 0 Å². The SMILES string of the molecule is Fc1ccc(C(CBr)OCCC2CC2)cc1. The minimum atomic E-state index is -0.199. The van der Waals surface area contributed by atoms with Crippen LogP contribution in [0.25, 0.3) is 0 Å². The molecule has 1 nitrogen and oxygen atoms in total.